The number of para-hydroxylation sites is 1. The third-order valence-corrected chi connectivity index (χ3v) is 5.47. The number of rotatable bonds is 8. The molecule has 0 aliphatic heterocycles. The monoisotopic (exact) mass is 477 g/mol. The van der Waals surface area contributed by atoms with E-state index in [-0.39, 0.29) is 12.3 Å². The molecule has 1 aromatic heterocycles. The summed E-state index contributed by atoms with van der Waals surface area (Å²) < 4.78 is 8.51. The van der Waals surface area contributed by atoms with Gasteiger partial charge in [-0.15, -0.1) is 0 Å². The first-order valence-electron chi connectivity index (χ1n) is 10.6. The van der Waals surface area contributed by atoms with Gasteiger partial charge >= 0.3 is 5.69 Å². The first-order chi connectivity index (χ1) is 16.4. The van der Waals surface area contributed by atoms with Gasteiger partial charge in [0.15, 0.2) is 0 Å². The van der Waals surface area contributed by atoms with Gasteiger partial charge in [-0.05, 0) is 77.4 Å². The number of aryl methyl sites for hydroxylation is 2. The Morgan fingerprint density at radius 3 is 2.59 bits per heavy atom. The van der Waals surface area contributed by atoms with Gasteiger partial charge in [-0.25, -0.2) is 4.79 Å². The van der Waals surface area contributed by atoms with E-state index >= 15 is 0 Å². The van der Waals surface area contributed by atoms with E-state index in [9.17, 15) is 4.79 Å². The Hall–Kier alpha value is -3.91. The van der Waals surface area contributed by atoms with Gasteiger partial charge in [-0.1, -0.05) is 47.1 Å². The molecule has 8 nitrogen and oxygen atoms in total. The van der Waals surface area contributed by atoms with Crippen LogP contribution < -0.4 is 10.4 Å². The molecule has 0 atom stereocenters. The van der Waals surface area contributed by atoms with E-state index in [4.69, 9.17) is 21.2 Å². The van der Waals surface area contributed by atoms with Gasteiger partial charge in [0.05, 0.1) is 11.4 Å². The number of benzene rings is 3. The summed E-state index contributed by atoms with van der Waals surface area (Å²) in [5.41, 5.74) is 4.73. The predicted molar refractivity (Wildman–Crippen MR) is 131 cm³/mol. The van der Waals surface area contributed by atoms with Crippen LogP contribution in [0.15, 0.2) is 76.7 Å². The van der Waals surface area contributed by atoms with Crippen molar-refractivity contribution < 1.29 is 9.57 Å². The van der Waals surface area contributed by atoms with E-state index < -0.39 is 0 Å². The molecule has 0 radical (unpaired) electrons. The van der Waals surface area contributed by atoms with Crippen molar-refractivity contribution >= 4 is 17.3 Å². The minimum atomic E-state index is -0.319. The van der Waals surface area contributed by atoms with Gasteiger partial charge in [0.1, 0.15) is 19.0 Å². The summed E-state index contributed by atoms with van der Waals surface area (Å²) in [6.07, 6.45) is 0. The summed E-state index contributed by atoms with van der Waals surface area (Å²) in [5.74, 6) is 0.734. The van der Waals surface area contributed by atoms with Crippen molar-refractivity contribution in [2.75, 3.05) is 0 Å². The topological polar surface area (TPSA) is 83.5 Å². The van der Waals surface area contributed by atoms with Crippen LogP contribution in [-0.2, 0) is 25.1 Å². The SMILES string of the molecule is CC(=NOCc1cccc(Cl)c1)c1ccc(OCc2ccccc2-n2nnn(C)c2=O)c(C)c1. The van der Waals surface area contributed by atoms with Gasteiger partial charge in [0.25, 0.3) is 0 Å². The van der Waals surface area contributed by atoms with Crippen molar-refractivity contribution in [3.63, 3.8) is 0 Å². The maximum Gasteiger partial charge on any atom is 0.368 e. The molecule has 0 unspecified atom stereocenters. The third kappa shape index (κ3) is 5.35. The second-order valence-electron chi connectivity index (χ2n) is 7.77. The summed E-state index contributed by atoms with van der Waals surface area (Å²) in [6.45, 7) is 4.47. The van der Waals surface area contributed by atoms with Gasteiger partial charge in [0.2, 0.25) is 0 Å². The number of hydrogen-bond donors (Lipinski definition) is 0. The molecule has 0 saturated heterocycles. The van der Waals surface area contributed by atoms with Gasteiger partial charge in [-0.2, -0.15) is 9.36 Å². The molecule has 174 valence electrons. The van der Waals surface area contributed by atoms with E-state index in [0.717, 1.165) is 33.7 Å². The molecule has 1 heterocycles. The van der Waals surface area contributed by atoms with E-state index in [1.807, 2.05) is 80.6 Å². The van der Waals surface area contributed by atoms with Crippen molar-refractivity contribution in [1.29, 1.82) is 0 Å². The first-order valence-corrected chi connectivity index (χ1v) is 11.0. The van der Waals surface area contributed by atoms with Crippen LogP contribution in [0.1, 0.15) is 29.2 Å². The van der Waals surface area contributed by atoms with Crippen LogP contribution in [0.25, 0.3) is 5.69 Å². The van der Waals surface area contributed by atoms with Crippen LogP contribution in [0.4, 0.5) is 0 Å². The third-order valence-electron chi connectivity index (χ3n) is 5.24. The van der Waals surface area contributed by atoms with E-state index in [1.165, 1.54) is 9.36 Å². The highest BCUT2D eigenvalue weighted by molar-refractivity contribution is 6.30. The molecule has 4 aromatic rings. The normalized spacial score (nSPS) is 11.5. The largest absolute Gasteiger partial charge is 0.489 e. The molecule has 4 rings (SSSR count). The average Bonchev–Trinajstić information content (AvgIpc) is 3.16. The molecule has 0 saturated carbocycles. The zero-order valence-corrected chi connectivity index (χ0v) is 19.9. The van der Waals surface area contributed by atoms with Crippen molar-refractivity contribution in [3.05, 3.63) is 104 Å². The summed E-state index contributed by atoms with van der Waals surface area (Å²) in [6, 6.07) is 20.8. The van der Waals surface area contributed by atoms with Crippen LogP contribution in [0.3, 0.4) is 0 Å². The molecule has 0 aliphatic rings. The fourth-order valence-corrected chi connectivity index (χ4v) is 3.59. The van der Waals surface area contributed by atoms with E-state index in [2.05, 4.69) is 15.6 Å². The van der Waals surface area contributed by atoms with Gasteiger partial charge < -0.3 is 9.57 Å². The fraction of sp³-hybridized carbons (Fsp3) is 0.200. The van der Waals surface area contributed by atoms with Gasteiger partial charge in [0, 0.05) is 17.6 Å². The number of ether oxygens (including phenoxy) is 1. The summed E-state index contributed by atoms with van der Waals surface area (Å²) >= 11 is 6.00. The molecular weight excluding hydrogens is 454 g/mol. The lowest BCUT2D eigenvalue weighted by Crippen LogP contribution is -2.23. The summed E-state index contributed by atoms with van der Waals surface area (Å²) in [4.78, 5) is 17.7. The Balaban J connectivity index is 1.43. The predicted octanol–water partition coefficient (Wildman–Crippen LogP) is 4.45. The molecule has 34 heavy (non-hydrogen) atoms. The Morgan fingerprint density at radius 2 is 1.85 bits per heavy atom. The van der Waals surface area contributed by atoms with Crippen molar-refractivity contribution in [1.82, 2.24) is 19.8 Å². The highest BCUT2D eigenvalue weighted by Gasteiger charge is 2.12. The van der Waals surface area contributed by atoms with Crippen molar-refractivity contribution in [3.8, 4) is 11.4 Å². The molecule has 3 aromatic carbocycles. The molecule has 0 bridgehead atoms. The highest BCUT2D eigenvalue weighted by Crippen LogP contribution is 2.22. The number of tetrazole rings is 1. The summed E-state index contributed by atoms with van der Waals surface area (Å²) in [5, 5.41) is 12.6. The van der Waals surface area contributed by atoms with Crippen LogP contribution in [0, 0.1) is 6.92 Å². The van der Waals surface area contributed by atoms with Crippen LogP contribution in [0.5, 0.6) is 5.75 Å². The maximum absolute atomic E-state index is 12.3. The second kappa shape index (κ2) is 10.4. The zero-order chi connectivity index (χ0) is 24.1. The van der Waals surface area contributed by atoms with Crippen molar-refractivity contribution in [2.24, 2.45) is 12.2 Å². The average molecular weight is 478 g/mol. The smallest absolute Gasteiger partial charge is 0.368 e. The highest BCUT2D eigenvalue weighted by atomic mass is 35.5. The minimum Gasteiger partial charge on any atom is -0.489 e. The molecule has 9 heteroatoms. The first kappa shape index (κ1) is 23.3. The van der Waals surface area contributed by atoms with E-state index in [0.29, 0.717) is 17.3 Å². The van der Waals surface area contributed by atoms with Gasteiger partial charge in [-0.3, -0.25) is 0 Å². The quantitative estimate of drug-likeness (QED) is 0.276. The van der Waals surface area contributed by atoms with Crippen LogP contribution >= 0.6 is 11.6 Å². The number of hydrogen-bond acceptors (Lipinski definition) is 6. The second-order valence-corrected chi connectivity index (χ2v) is 8.21. The van der Waals surface area contributed by atoms with Crippen LogP contribution in [-0.4, -0.2) is 25.5 Å². The van der Waals surface area contributed by atoms with E-state index in [1.54, 1.807) is 7.05 Å². The Morgan fingerprint density at radius 1 is 1.03 bits per heavy atom. The lowest BCUT2D eigenvalue weighted by atomic mass is 10.1. The molecular formula is C25H24ClN5O3. The minimum absolute atomic E-state index is 0.273. The lowest BCUT2D eigenvalue weighted by Gasteiger charge is -2.13. The fourth-order valence-electron chi connectivity index (χ4n) is 3.38. The Kier molecular flexibility index (Phi) is 7.08. The standard InChI is InChI=1S/C25H24ClN5O3/c1-17-13-20(18(2)27-34-15-19-7-6-9-22(26)14-19)11-12-24(17)33-16-21-8-4-5-10-23(21)31-25(32)30(3)28-29-31/h4-14H,15-16H2,1-3H3. The zero-order valence-electron chi connectivity index (χ0n) is 19.1. The number of aromatic nitrogens is 4. The van der Waals surface area contributed by atoms with Crippen molar-refractivity contribution in [2.45, 2.75) is 27.1 Å². The molecule has 0 spiro atoms. The Labute approximate surface area is 202 Å². The van der Waals surface area contributed by atoms with Crippen LogP contribution in [0.2, 0.25) is 5.02 Å². The summed E-state index contributed by atoms with van der Waals surface area (Å²) in [7, 11) is 1.56. The Bertz CT molecular complexity index is 1390. The molecule has 0 amide bonds. The number of oxime groups is 1. The number of halogens is 1. The maximum atomic E-state index is 12.3. The molecule has 0 fully saturated rings. The number of nitrogens with zero attached hydrogens (tertiary/aromatic N) is 5. The molecule has 0 aliphatic carbocycles. The molecule has 0 N–H and O–H groups in total. The lowest BCUT2D eigenvalue weighted by molar-refractivity contribution is 0.130.